The first kappa shape index (κ1) is 21.4. The number of aryl methyl sites for hydroxylation is 1. The predicted molar refractivity (Wildman–Crippen MR) is 122 cm³/mol. The zero-order valence-electron chi connectivity index (χ0n) is 17.3. The Bertz CT molecular complexity index is 1280. The highest BCUT2D eigenvalue weighted by Crippen LogP contribution is 2.35. The van der Waals surface area contributed by atoms with Gasteiger partial charge < -0.3 is 9.67 Å². The first-order valence-corrected chi connectivity index (χ1v) is 10.5. The first-order valence-electron chi connectivity index (χ1n) is 9.71. The van der Waals surface area contributed by atoms with Crippen LogP contribution in [0.15, 0.2) is 59.5 Å². The number of rotatable bonds is 5. The quantitative estimate of drug-likeness (QED) is 0.336. The lowest BCUT2D eigenvalue weighted by molar-refractivity contribution is -0.384. The van der Waals surface area contributed by atoms with E-state index in [9.17, 15) is 24.8 Å². The summed E-state index contributed by atoms with van der Waals surface area (Å²) in [4.78, 5) is 37.2. The van der Waals surface area contributed by atoms with E-state index >= 15 is 0 Å². The Morgan fingerprint density at radius 3 is 2.50 bits per heavy atom. The molecule has 0 spiro atoms. The van der Waals surface area contributed by atoms with Crippen molar-refractivity contribution in [2.75, 3.05) is 0 Å². The Balaban J connectivity index is 1.61. The van der Waals surface area contributed by atoms with E-state index in [1.165, 1.54) is 18.2 Å². The van der Waals surface area contributed by atoms with E-state index in [0.717, 1.165) is 39.3 Å². The number of nitro benzene ring substituents is 1. The number of aromatic nitrogens is 1. The van der Waals surface area contributed by atoms with E-state index in [1.807, 2.05) is 24.5 Å². The second-order valence-corrected chi connectivity index (χ2v) is 8.37. The number of nitro groups is 1. The molecular weight excluding hydrogens is 430 g/mol. The van der Waals surface area contributed by atoms with Gasteiger partial charge in [-0.05, 0) is 73.1 Å². The maximum atomic E-state index is 12.9. The maximum absolute atomic E-state index is 12.9. The molecule has 0 saturated carbocycles. The monoisotopic (exact) mass is 449 g/mol. The molecule has 162 valence electrons. The number of amides is 2. The lowest BCUT2D eigenvalue weighted by atomic mass is 10.2. The summed E-state index contributed by atoms with van der Waals surface area (Å²) in [6.07, 6.45) is 1.69. The largest absolute Gasteiger partial charge is 0.508 e. The van der Waals surface area contributed by atoms with Crippen molar-refractivity contribution in [1.82, 2.24) is 9.47 Å². The molecule has 2 amide bonds. The van der Waals surface area contributed by atoms with E-state index in [2.05, 4.69) is 0 Å². The molecule has 1 aliphatic heterocycles. The Kier molecular flexibility index (Phi) is 5.58. The lowest BCUT2D eigenvalue weighted by Gasteiger charge is -2.12. The molecule has 32 heavy (non-hydrogen) atoms. The zero-order chi connectivity index (χ0) is 23.0. The molecule has 4 rings (SSSR count). The molecule has 0 bridgehead atoms. The normalized spacial score (nSPS) is 15.1. The lowest BCUT2D eigenvalue weighted by Crippen LogP contribution is -2.27. The van der Waals surface area contributed by atoms with Crippen molar-refractivity contribution < 1.29 is 19.6 Å². The molecule has 0 aliphatic carbocycles. The van der Waals surface area contributed by atoms with Crippen molar-refractivity contribution in [3.63, 3.8) is 0 Å². The maximum Gasteiger partial charge on any atom is 0.293 e. The highest BCUT2D eigenvalue weighted by atomic mass is 32.2. The van der Waals surface area contributed by atoms with E-state index in [1.54, 1.807) is 36.4 Å². The van der Waals surface area contributed by atoms with Crippen LogP contribution in [0, 0.1) is 24.0 Å². The average molecular weight is 449 g/mol. The van der Waals surface area contributed by atoms with Gasteiger partial charge in [0, 0.05) is 29.2 Å². The van der Waals surface area contributed by atoms with Crippen LogP contribution in [-0.4, -0.2) is 30.6 Å². The molecule has 1 aliphatic rings. The Morgan fingerprint density at radius 1 is 1.09 bits per heavy atom. The number of hydrogen-bond donors (Lipinski definition) is 1. The number of carbonyl (C=O) groups is 2. The van der Waals surface area contributed by atoms with E-state index in [0.29, 0.717) is 10.5 Å². The van der Waals surface area contributed by atoms with Crippen molar-refractivity contribution in [1.29, 1.82) is 0 Å². The highest BCUT2D eigenvalue weighted by molar-refractivity contribution is 8.18. The highest BCUT2D eigenvalue weighted by Gasteiger charge is 2.35. The molecule has 1 aromatic heterocycles. The minimum Gasteiger partial charge on any atom is -0.508 e. The number of aromatic hydroxyl groups is 1. The molecule has 3 aromatic rings. The smallest absolute Gasteiger partial charge is 0.293 e. The Labute approximate surface area is 187 Å². The summed E-state index contributed by atoms with van der Waals surface area (Å²) in [6.45, 7) is 3.82. The number of hydrogen-bond acceptors (Lipinski definition) is 6. The second-order valence-electron chi connectivity index (χ2n) is 7.37. The third kappa shape index (κ3) is 4.02. The number of nitrogens with zero attached hydrogens (tertiary/aromatic N) is 3. The third-order valence-corrected chi connectivity index (χ3v) is 6.11. The molecule has 0 radical (unpaired) electrons. The molecule has 1 fully saturated rings. The van der Waals surface area contributed by atoms with Gasteiger partial charge in [0.25, 0.3) is 16.8 Å². The SMILES string of the molecule is Cc1cc(C=C2SC(=O)N(Cc3cccc([N+](=O)[O-])c3)C2=O)c(C)n1-c1ccc(O)cc1. The van der Waals surface area contributed by atoms with Crippen LogP contribution < -0.4 is 0 Å². The third-order valence-electron chi connectivity index (χ3n) is 5.20. The van der Waals surface area contributed by atoms with Crippen LogP contribution in [0.1, 0.15) is 22.5 Å². The summed E-state index contributed by atoms with van der Waals surface area (Å²) in [5.41, 5.74) is 3.92. The summed E-state index contributed by atoms with van der Waals surface area (Å²) < 4.78 is 2.00. The van der Waals surface area contributed by atoms with Crippen molar-refractivity contribution in [2.45, 2.75) is 20.4 Å². The number of non-ortho nitro benzene ring substituents is 1. The van der Waals surface area contributed by atoms with E-state index < -0.39 is 16.1 Å². The number of phenols is 1. The van der Waals surface area contributed by atoms with E-state index in [-0.39, 0.29) is 18.0 Å². The molecule has 8 nitrogen and oxygen atoms in total. The van der Waals surface area contributed by atoms with Gasteiger partial charge in [-0.2, -0.15) is 0 Å². The van der Waals surface area contributed by atoms with Crippen LogP contribution >= 0.6 is 11.8 Å². The fourth-order valence-electron chi connectivity index (χ4n) is 3.66. The molecule has 0 atom stereocenters. The van der Waals surface area contributed by atoms with Crippen LogP contribution in [0.5, 0.6) is 5.75 Å². The van der Waals surface area contributed by atoms with Crippen molar-refractivity contribution in [2.24, 2.45) is 0 Å². The molecule has 2 heterocycles. The van der Waals surface area contributed by atoms with Crippen LogP contribution in [-0.2, 0) is 11.3 Å². The van der Waals surface area contributed by atoms with Gasteiger partial charge in [0.15, 0.2) is 0 Å². The standard InChI is InChI=1S/C23H19N3O5S/c1-14-10-17(15(2)25(14)18-6-8-20(27)9-7-18)12-21-22(28)24(23(29)32-21)13-16-4-3-5-19(11-16)26(30)31/h3-12,27H,13H2,1-2H3. The summed E-state index contributed by atoms with van der Waals surface area (Å²) in [5, 5.41) is 20.1. The Hall–Kier alpha value is -3.85. The fourth-order valence-corrected chi connectivity index (χ4v) is 4.49. The average Bonchev–Trinajstić information content (AvgIpc) is 3.18. The van der Waals surface area contributed by atoms with Crippen molar-refractivity contribution >= 4 is 34.7 Å². The molecule has 9 heteroatoms. The van der Waals surface area contributed by atoms with Gasteiger partial charge in [0.2, 0.25) is 0 Å². The number of benzene rings is 2. The minimum atomic E-state index is -0.513. The molecule has 1 N–H and O–H groups in total. The molecule has 0 unspecified atom stereocenters. The van der Waals surface area contributed by atoms with E-state index in [4.69, 9.17) is 0 Å². The number of carbonyl (C=O) groups excluding carboxylic acids is 2. The first-order chi connectivity index (χ1) is 15.2. The van der Waals surface area contributed by atoms with Crippen LogP contribution in [0.25, 0.3) is 11.8 Å². The van der Waals surface area contributed by atoms with Crippen LogP contribution in [0.3, 0.4) is 0 Å². The zero-order valence-corrected chi connectivity index (χ0v) is 18.1. The second kappa shape index (κ2) is 8.35. The van der Waals surface area contributed by atoms with Gasteiger partial charge in [-0.15, -0.1) is 0 Å². The molecule has 2 aromatic carbocycles. The molecule has 1 saturated heterocycles. The minimum absolute atomic E-state index is 0.0315. The predicted octanol–water partition coefficient (Wildman–Crippen LogP) is 4.94. The van der Waals surface area contributed by atoms with Crippen molar-refractivity contribution in [3.05, 3.63) is 92.1 Å². The summed E-state index contributed by atoms with van der Waals surface area (Å²) >= 11 is 0.850. The van der Waals surface area contributed by atoms with Crippen LogP contribution in [0.4, 0.5) is 10.5 Å². The van der Waals surface area contributed by atoms with Gasteiger partial charge in [-0.25, -0.2) is 0 Å². The van der Waals surface area contributed by atoms with Gasteiger partial charge in [-0.3, -0.25) is 24.6 Å². The topological polar surface area (TPSA) is 106 Å². The summed E-state index contributed by atoms with van der Waals surface area (Å²) in [7, 11) is 0. The van der Waals surface area contributed by atoms with Crippen molar-refractivity contribution in [3.8, 4) is 11.4 Å². The number of thioether (sulfide) groups is 1. The van der Waals surface area contributed by atoms with Gasteiger partial charge in [0.1, 0.15) is 5.75 Å². The molecular formula is C23H19N3O5S. The number of imide groups is 1. The van der Waals surface area contributed by atoms with Crippen LogP contribution in [0.2, 0.25) is 0 Å². The number of phenolic OH excluding ortho intramolecular Hbond substituents is 1. The van der Waals surface area contributed by atoms with Gasteiger partial charge >= 0.3 is 0 Å². The van der Waals surface area contributed by atoms with Gasteiger partial charge in [-0.1, -0.05) is 12.1 Å². The fraction of sp³-hybridized carbons (Fsp3) is 0.130. The van der Waals surface area contributed by atoms with Gasteiger partial charge in [0.05, 0.1) is 16.4 Å². The summed E-state index contributed by atoms with van der Waals surface area (Å²) in [6, 6.07) is 14.6. The Morgan fingerprint density at radius 2 is 1.81 bits per heavy atom. The summed E-state index contributed by atoms with van der Waals surface area (Å²) in [5.74, 6) is -0.255.